The van der Waals surface area contributed by atoms with Crippen molar-refractivity contribution in [3.8, 4) is 0 Å². The number of aromatic nitrogens is 4. The van der Waals surface area contributed by atoms with Crippen LogP contribution >= 0.6 is 0 Å². The molecule has 1 spiro atoms. The highest BCUT2D eigenvalue weighted by Crippen LogP contribution is 2.52. The molecule has 0 radical (unpaired) electrons. The fourth-order valence-electron chi connectivity index (χ4n) is 4.37. The van der Waals surface area contributed by atoms with Crippen molar-refractivity contribution in [2.45, 2.75) is 5.41 Å². The van der Waals surface area contributed by atoms with Crippen LogP contribution in [-0.4, -0.2) is 29.9 Å². The van der Waals surface area contributed by atoms with Crippen LogP contribution in [0.15, 0.2) is 37.4 Å². The molecule has 162 valence electrons. The fourth-order valence-corrected chi connectivity index (χ4v) is 4.37. The normalized spacial score (nSPS) is 17.9. The third kappa shape index (κ3) is 2.09. The minimum atomic E-state index is -2.17. The summed E-state index contributed by atoms with van der Waals surface area (Å²) in [5.41, 5.74) is -6.57. The van der Waals surface area contributed by atoms with Crippen molar-refractivity contribution in [2.24, 2.45) is 14.1 Å². The standard InChI is InChI=1S/C18H13N7O7/c1-23-11-9(13(26)21-16(23)29)18(7-5-6(25(31)32)3-4-8(7)19-11)10-12(20-15(18)28)24(2)17(30)22-14(10)27/h3-5,19H,1-2H3,(H,20,28)(H,21,26,29)(H,22,27,30). The Kier molecular flexibility index (Phi) is 3.55. The van der Waals surface area contributed by atoms with Gasteiger partial charge in [0.15, 0.2) is 0 Å². The molecular weight excluding hydrogens is 426 g/mol. The molecule has 2 aromatic heterocycles. The van der Waals surface area contributed by atoms with Gasteiger partial charge in [0.25, 0.3) is 16.8 Å². The molecular formula is C18H13N7O7. The highest BCUT2D eigenvalue weighted by Gasteiger charge is 2.59. The Morgan fingerprint density at radius 1 is 0.875 bits per heavy atom. The van der Waals surface area contributed by atoms with Crippen LogP contribution in [0.5, 0.6) is 0 Å². The summed E-state index contributed by atoms with van der Waals surface area (Å²) < 4.78 is 2.03. The van der Waals surface area contributed by atoms with E-state index in [-0.39, 0.29) is 34.0 Å². The van der Waals surface area contributed by atoms with Crippen LogP contribution in [0, 0.1) is 10.1 Å². The van der Waals surface area contributed by atoms with Crippen molar-refractivity contribution in [3.63, 3.8) is 0 Å². The first-order valence-electron chi connectivity index (χ1n) is 9.14. The maximum absolute atomic E-state index is 13.6. The Bertz CT molecular complexity index is 1640. The molecule has 2 aliphatic heterocycles. The van der Waals surface area contributed by atoms with Gasteiger partial charge in [-0.25, -0.2) is 9.59 Å². The lowest BCUT2D eigenvalue weighted by atomic mass is 9.68. The third-order valence-electron chi connectivity index (χ3n) is 5.84. The SMILES string of the molecule is Cn1c2c(c(=O)[nH]c1=O)C1(C(=O)N2)c2cc([N+](=O)[O-])ccc2Nc2c1c(=O)[nH]c(=O)n2C. The number of hydrogen-bond donors (Lipinski definition) is 4. The first kappa shape index (κ1) is 19.2. The third-order valence-corrected chi connectivity index (χ3v) is 5.84. The molecule has 0 aliphatic carbocycles. The lowest BCUT2D eigenvalue weighted by Gasteiger charge is -2.35. The Hall–Kier alpha value is -4.75. The number of aromatic amines is 2. The maximum Gasteiger partial charge on any atom is 0.329 e. The zero-order valence-corrected chi connectivity index (χ0v) is 16.4. The summed E-state index contributed by atoms with van der Waals surface area (Å²) in [6.07, 6.45) is 0. The molecule has 32 heavy (non-hydrogen) atoms. The van der Waals surface area contributed by atoms with E-state index in [1.807, 2.05) is 0 Å². The van der Waals surface area contributed by atoms with Gasteiger partial charge in [-0.15, -0.1) is 0 Å². The molecule has 1 aromatic carbocycles. The van der Waals surface area contributed by atoms with Gasteiger partial charge in [-0.2, -0.15) is 0 Å². The lowest BCUT2D eigenvalue weighted by Crippen LogP contribution is -2.50. The van der Waals surface area contributed by atoms with E-state index in [0.717, 1.165) is 15.2 Å². The van der Waals surface area contributed by atoms with Gasteiger partial charge in [-0.05, 0) is 6.07 Å². The summed E-state index contributed by atoms with van der Waals surface area (Å²) in [6.45, 7) is 0. The molecule has 14 heteroatoms. The second kappa shape index (κ2) is 5.90. The Labute approximate surface area is 175 Å². The second-order valence-electron chi connectivity index (χ2n) is 7.40. The van der Waals surface area contributed by atoms with Crippen molar-refractivity contribution < 1.29 is 9.72 Å². The zero-order chi connectivity index (χ0) is 23.1. The molecule has 1 atom stereocenters. The van der Waals surface area contributed by atoms with Gasteiger partial charge in [0, 0.05) is 37.5 Å². The average molecular weight is 439 g/mol. The van der Waals surface area contributed by atoms with E-state index >= 15 is 0 Å². The number of non-ortho nitro benzene ring substituents is 1. The van der Waals surface area contributed by atoms with Crippen LogP contribution in [-0.2, 0) is 24.3 Å². The smallest absolute Gasteiger partial charge is 0.329 e. The molecule has 1 amide bonds. The first-order chi connectivity index (χ1) is 15.1. The number of nitrogens with one attached hydrogen (secondary N) is 4. The number of nitro groups is 1. The number of hydrogen-bond acceptors (Lipinski definition) is 8. The van der Waals surface area contributed by atoms with E-state index < -0.39 is 44.4 Å². The van der Waals surface area contributed by atoms with E-state index in [0.29, 0.717) is 0 Å². The highest BCUT2D eigenvalue weighted by molar-refractivity contribution is 6.13. The molecule has 0 saturated heterocycles. The highest BCUT2D eigenvalue weighted by atomic mass is 16.6. The Morgan fingerprint density at radius 3 is 1.94 bits per heavy atom. The van der Waals surface area contributed by atoms with Crippen LogP contribution in [0.25, 0.3) is 0 Å². The molecule has 3 aromatic rings. The van der Waals surface area contributed by atoms with Crippen molar-refractivity contribution in [3.05, 3.63) is 86.7 Å². The number of benzene rings is 1. The van der Waals surface area contributed by atoms with Crippen LogP contribution < -0.4 is 33.1 Å². The van der Waals surface area contributed by atoms with E-state index in [4.69, 9.17) is 0 Å². The number of H-pyrrole nitrogens is 2. The molecule has 4 N–H and O–H groups in total. The number of anilines is 3. The second-order valence-corrected chi connectivity index (χ2v) is 7.40. The van der Waals surface area contributed by atoms with Crippen LogP contribution in [0.1, 0.15) is 16.7 Å². The van der Waals surface area contributed by atoms with Gasteiger partial charge in [0.1, 0.15) is 17.1 Å². The van der Waals surface area contributed by atoms with Crippen molar-refractivity contribution in [1.82, 2.24) is 19.1 Å². The molecule has 4 heterocycles. The molecule has 0 bridgehead atoms. The average Bonchev–Trinajstić information content (AvgIpc) is 3.03. The van der Waals surface area contributed by atoms with Crippen LogP contribution in [0.3, 0.4) is 0 Å². The summed E-state index contributed by atoms with van der Waals surface area (Å²) in [7, 11) is 2.64. The largest absolute Gasteiger partial charge is 0.341 e. The molecule has 2 aliphatic rings. The van der Waals surface area contributed by atoms with Gasteiger partial charge in [-0.1, -0.05) is 0 Å². The quantitative estimate of drug-likeness (QED) is 0.266. The summed E-state index contributed by atoms with van der Waals surface area (Å²) >= 11 is 0. The summed E-state index contributed by atoms with van der Waals surface area (Å²) in [6, 6.07) is 3.56. The maximum atomic E-state index is 13.6. The van der Waals surface area contributed by atoms with Crippen LogP contribution in [0.4, 0.5) is 23.0 Å². The van der Waals surface area contributed by atoms with E-state index in [1.165, 1.54) is 26.2 Å². The van der Waals surface area contributed by atoms with Gasteiger partial charge < -0.3 is 10.6 Å². The number of carbonyl (C=O) groups excluding carboxylic acids is 1. The molecule has 14 nitrogen and oxygen atoms in total. The number of nitrogens with zero attached hydrogens (tertiary/aromatic N) is 3. The van der Waals surface area contributed by atoms with Gasteiger partial charge in [0.2, 0.25) is 5.91 Å². The first-order valence-corrected chi connectivity index (χ1v) is 9.14. The monoisotopic (exact) mass is 439 g/mol. The summed E-state index contributed by atoms with van der Waals surface area (Å²) in [5.74, 6) is -1.12. The summed E-state index contributed by atoms with van der Waals surface area (Å²) in [4.78, 5) is 78.9. The van der Waals surface area contributed by atoms with Crippen molar-refractivity contribution in [1.29, 1.82) is 0 Å². The van der Waals surface area contributed by atoms with E-state index in [9.17, 15) is 34.1 Å². The Balaban J connectivity index is 2.08. The lowest BCUT2D eigenvalue weighted by molar-refractivity contribution is -0.384. The predicted octanol–water partition coefficient (Wildman–Crippen LogP) is -1.29. The molecule has 0 saturated carbocycles. The van der Waals surface area contributed by atoms with E-state index in [2.05, 4.69) is 20.6 Å². The van der Waals surface area contributed by atoms with Crippen LogP contribution in [0.2, 0.25) is 0 Å². The number of nitro benzene ring substituents is 1. The van der Waals surface area contributed by atoms with Crippen molar-refractivity contribution in [2.75, 3.05) is 10.6 Å². The van der Waals surface area contributed by atoms with Gasteiger partial charge in [-0.3, -0.25) is 43.6 Å². The minimum Gasteiger partial charge on any atom is -0.341 e. The zero-order valence-electron chi connectivity index (χ0n) is 16.4. The Morgan fingerprint density at radius 2 is 1.41 bits per heavy atom. The number of rotatable bonds is 1. The predicted molar refractivity (Wildman–Crippen MR) is 109 cm³/mol. The number of carbonyl (C=O) groups is 1. The number of amides is 1. The van der Waals surface area contributed by atoms with E-state index in [1.54, 1.807) is 0 Å². The molecule has 0 fully saturated rings. The molecule has 1 unspecified atom stereocenters. The van der Waals surface area contributed by atoms with Gasteiger partial charge >= 0.3 is 11.4 Å². The summed E-state index contributed by atoms with van der Waals surface area (Å²) in [5, 5.41) is 16.8. The minimum absolute atomic E-state index is 0.0521. The topological polar surface area (TPSA) is 194 Å². The fraction of sp³-hybridized carbons (Fsp3) is 0.167. The van der Waals surface area contributed by atoms with Crippen molar-refractivity contribution >= 4 is 28.9 Å². The molecule has 5 rings (SSSR count). The number of fused-ring (bicyclic) bond motifs is 6. The van der Waals surface area contributed by atoms with Gasteiger partial charge in [0.05, 0.1) is 16.1 Å².